The fourth-order valence-electron chi connectivity index (χ4n) is 1.34. The van der Waals surface area contributed by atoms with E-state index in [2.05, 4.69) is 10.3 Å². The van der Waals surface area contributed by atoms with Gasteiger partial charge >= 0.3 is 0 Å². The summed E-state index contributed by atoms with van der Waals surface area (Å²) in [7, 11) is 0. The lowest BCUT2D eigenvalue weighted by molar-refractivity contribution is -0.119. The van der Waals surface area contributed by atoms with Crippen LogP contribution < -0.4 is 5.32 Å². The van der Waals surface area contributed by atoms with Crippen LogP contribution in [0.2, 0.25) is 0 Å². The summed E-state index contributed by atoms with van der Waals surface area (Å²) in [5, 5.41) is 11.9. The van der Waals surface area contributed by atoms with Crippen LogP contribution in [0.25, 0.3) is 0 Å². The van der Waals surface area contributed by atoms with Crippen LogP contribution in [-0.4, -0.2) is 34.4 Å². The zero-order chi connectivity index (χ0) is 13.4. The van der Waals surface area contributed by atoms with Gasteiger partial charge in [0.05, 0.1) is 5.75 Å². The topological polar surface area (TPSA) is 62.2 Å². The minimum absolute atomic E-state index is 0.00138. The first-order valence-electron chi connectivity index (χ1n) is 6.00. The van der Waals surface area contributed by atoms with Crippen molar-refractivity contribution in [1.29, 1.82) is 0 Å². The van der Waals surface area contributed by atoms with Crippen LogP contribution in [0.3, 0.4) is 0 Å². The van der Waals surface area contributed by atoms with Crippen LogP contribution in [0.4, 0.5) is 0 Å². The molecule has 0 fully saturated rings. The molecule has 100 valence electrons. The van der Waals surface area contributed by atoms with Crippen molar-refractivity contribution in [3.63, 3.8) is 0 Å². The summed E-state index contributed by atoms with van der Waals surface area (Å²) in [5.41, 5.74) is 1.12. The summed E-state index contributed by atoms with van der Waals surface area (Å²) >= 11 is 1.56. The van der Waals surface area contributed by atoms with E-state index in [0.717, 1.165) is 11.3 Å². The lowest BCUT2D eigenvalue weighted by atomic mass is 10.1. The summed E-state index contributed by atoms with van der Waals surface area (Å²) in [6.45, 7) is 3.91. The van der Waals surface area contributed by atoms with Gasteiger partial charge in [0.1, 0.15) is 0 Å². The normalized spacial score (nSPS) is 13.9. The monoisotopic (exact) mass is 268 g/mol. The lowest BCUT2D eigenvalue weighted by Gasteiger charge is -2.19. The number of rotatable bonds is 7. The zero-order valence-electron chi connectivity index (χ0n) is 10.8. The number of aromatic nitrogens is 1. The van der Waals surface area contributed by atoms with Gasteiger partial charge in [-0.1, -0.05) is 13.0 Å². The molecule has 1 heterocycles. The Labute approximate surface area is 112 Å². The van der Waals surface area contributed by atoms with E-state index in [1.807, 2.05) is 26.0 Å². The molecule has 0 aliphatic heterocycles. The molecule has 0 aromatic carbocycles. The molecule has 5 heteroatoms. The molecule has 0 bridgehead atoms. The molecule has 1 amide bonds. The van der Waals surface area contributed by atoms with Crippen molar-refractivity contribution in [1.82, 2.24) is 10.3 Å². The Bertz CT molecular complexity index is 359. The Morgan fingerprint density at radius 3 is 2.94 bits per heavy atom. The molecular weight excluding hydrogens is 248 g/mol. The highest BCUT2D eigenvalue weighted by Gasteiger charge is 2.13. The minimum atomic E-state index is 0.00138. The Balaban J connectivity index is 2.21. The predicted octanol–water partition coefficient (Wildman–Crippen LogP) is 1.45. The average molecular weight is 268 g/mol. The SMILES string of the molecule is CC(CO)C(C)NC(=O)CSCc1cccnc1. The summed E-state index contributed by atoms with van der Waals surface area (Å²) < 4.78 is 0. The zero-order valence-corrected chi connectivity index (χ0v) is 11.6. The molecule has 1 aromatic rings. The first-order valence-corrected chi connectivity index (χ1v) is 7.15. The quantitative estimate of drug-likeness (QED) is 0.785. The van der Waals surface area contributed by atoms with Gasteiger partial charge in [-0.05, 0) is 24.5 Å². The van der Waals surface area contributed by atoms with Crippen LogP contribution in [0.15, 0.2) is 24.5 Å². The molecule has 0 aliphatic carbocycles. The van der Waals surface area contributed by atoms with Gasteiger partial charge in [0.25, 0.3) is 0 Å². The second-order valence-corrected chi connectivity index (χ2v) is 5.36. The number of aliphatic hydroxyl groups is 1. The van der Waals surface area contributed by atoms with Crippen LogP contribution in [0.1, 0.15) is 19.4 Å². The third kappa shape index (κ3) is 5.51. The highest BCUT2D eigenvalue weighted by atomic mass is 32.2. The summed E-state index contributed by atoms with van der Waals surface area (Å²) in [5.74, 6) is 1.30. The number of amides is 1. The van der Waals surface area contributed by atoms with Gasteiger partial charge in [0, 0.05) is 30.8 Å². The molecule has 1 rings (SSSR count). The van der Waals surface area contributed by atoms with Crippen molar-refractivity contribution in [2.75, 3.05) is 12.4 Å². The Kier molecular flexibility index (Phi) is 6.75. The van der Waals surface area contributed by atoms with Crippen molar-refractivity contribution in [2.24, 2.45) is 5.92 Å². The van der Waals surface area contributed by atoms with Crippen LogP contribution in [0.5, 0.6) is 0 Å². The molecule has 0 saturated heterocycles. The van der Waals surface area contributed by atoms with E-state index in [9.17, 15) is 4.79 Å². The number of thioether (sulfide) groups is 1. The lowest BCUT2D eigenvalue weighted by Crippen LogP contribution is -2.39. The van der Waals surface area contributed by atoms with Gasteiger partial charge < -0.3 is 10.4 Å². The van der Waals surface area contributed by atoms with Crippen molar-refractivity contribution in [3.8, 4) is 0 Å². The second-order valence-electron chi connectivity index (χ2n) is 4.37. The number of hydrogen-bond donors (Lipinski definition) is 2. The first-order chi connectivity index (χ1) is 8.63. The van der Waals surface area contributed by atoms with E-state index in [4.69, 9.17) is 5.11 Å². The molecule has 4 nitrogen and oxygen atoms in total. The van der Waals surface area contributed by atoms with Gasteiger partial charge in [-0.15, -0.1) is 11.8 Å². The van der Waals surface area contributed by atoms with Crippen LogP contribution in [-0.2, 0) is 10.5 Å². The van der Waals surface area contributed by atoms with E-state index in [1.54, 1.807) is 24.2 Å². The molecule has 0 radical (unpaired) electrons. The van der Waals surface area contributed by atoms with Crippen molar-refractivity contribution < 1.29 is 9.90 Å². The third-order valence-corrected chi connectivity index (χ3v) is 3.76. The average Bonchev–Trinajstić information content (AvgIpc) is 2.38. The molecule has 0 spiro atoms. The van der Waals surface area contributed by atoms with E-state index >= 15 is 0 Å². The van der Waals surface area contributed by atoms with Gasteiger partial charge in [-0.3, -0.25) is 9.78 Å². The van der Waals surface area contributed by atoms with E-state index in [0.29, 0.717) is 5.75 Å². The predicted molar refractivity (Wildman–Crippen MR) is 74.3 cm³/mol. The van der Waals surface area contributed by atoms with Gasteiger partial charge in [0.15, 0.2) is 0 Å². The first kappa shape index (κ1) is 15.0. The number of carbonyl (C=O) groups excluding carboxylic acids is 1. The summed E-state index contributed by atoms with van der Waals surface area (Å²) in [6.07, 6.45) is 3.54. The molecule has 2 N–H and O–H groups in total. The Morgan fingerprint density at radius 1 is 1.56 bits per heavy atom. The number of nitrogens with zero attached hydrogens (tertiary/aromatic N) is 1. The number of nitrogens with one attached hydrogen (secondary N) is 1. The third-order valence-electron chi connectivity index (χ3n) is 2.75. The Hall–Kier alpha value is -1.07. The summed E-state index contributed by atoms with van der Waals surface area (Å²) in [6, 6.07) is 3.89. The van der Waals surface area contributed by atoms with Crippen molar-refractivity contribution >= 4 is 17.7 Å². The van der Waals surface area contributed by atoms with E-state index in [1.165, 1.54) is 0 Å². The maximum atomic E-state index is 11.6. The smallest absolute Gasteiger partial charge is 0.230 e. The number of pyridine rings is 1. The maximum Gasteiger partial charge on any atom is 0.230 e. The van der Waals surface area contributed by atoms with E-state index in [-0.39, 0.29) is 24.5 Å². The van der Waals surface area contributed by atoms with Crippen LogP contribution >= 0.6 is 11.8 Å². The highest BCUT2D eigenvalue weighted by Crippen LogP contribution is 2.10. The molecule has 2 atom stereocenters. The largest absolute Gasteiger partial charge is 0.396 e. The number of hydrogen-bond acceptors (Lipinski definition) is 4. The van der Waals surface area contributed by atoms with Crippen LogP contribution in [0, 0.1) is 5.92 Å². The Morgan fingerprint density at radius 2 is 2.33 bits per heavy atom. The molecule has 0 aliphatic rings. The molecular formula is C13H20N2O2S. The molecule has 2 unspecified atom stereocenters. The molecule has 1 aromatic heterocycles. The van der Waals surface area contributed by atoms with Gasteiger partial charge in [-0.2, -0.15) is 0 Å². The number of carbonyl (C=O) groups is 1. The number of aliphatic hydroxyl groups excluding tert-OH is 1. The second kappa shape index (κ2) is 8.11. The summed E-state index contributed by atoms with van der Waals surface area (Å²) in [4.78, 5) is 15.7. The fourth-order valence-corrected chi connectivity index (χ4v) is 2.12. The van der Waals surface area contributed by atoms with E-state index < -0.39 is 0 Å². The molecule has 18 heavy (non-hydrogen) atoms. The van der Waals surface area contributed by atoms with Crippen molar-refractivity contribution in [2.45, 2.75) is 25.6 Å². The minimum Gasteiger partial charge on any atom is -0.396 e. The fraction of sp³-hybridized carbons (Fsp3) is 0.538. The van der Waals surface area contributed by atoms with Gasteiger partial charge in [0.2, 0.25) is 5.91 Å². The highest BCUT2D eigenvalue weighted by molar-refractivity contribution is 7.99. The maximum absolute atomic E-state index is 11.6. The van der Waals surface area contributed by atoms with Gasteiger partial charge in [-0.25, -0.2) is 0 Å². The molecule has 0 saturated carbocycles. The van der Waals surface area contributed by atoms with Crippen molar-refractivity contribution in [3.05, 3.63) is 30.1 Å². The standard InChI is InChI=1S/C13H20N2O2S/c1-10(7-16)11(2)15-13(17)9-18-8-12-4-3-5-14-6-12/h3-6,10-11,16H,7-9H2,1-2H3,(H,15,17).